The zero-order valence-electron chi connectivity index (χ0n) is 7.76. The molecule has 0 saturated carbocycles. The van der Waals surface area contributed by atoms with E-state index >= 15 is 0 Å². The summed E-state index contributed by atoms with van der Waals surface area (Å²) in [6.45, 7) is 3.55. The lowest BCUT2D eigenvalue weighted by atomic mass is 10.2. The Hall–Kier alpha value is -1.01. The lowest BCUT2D eigenvalue weighted by Crippen LogP contribution is -2.39. The molecule has 2 atom stereocenters. The van der Waals surface area contributed by atoms with Gasteiger partial charge in [0.15, 0.2) is 0 Å². The van der Waals surface area contributed by atoms with Gasteiger partial charge in [0, 0.05) is 19.6 Å². The van der Waals surface area contributed by atoms with E-state index in [1.807, 2.05) is 6.92 Å². The highest BCUT2D eigenvalue weighted by Crippen LogP contribution is 1.92. The molecule has 1 amide bonds. The van der Waals surface area contributed by atoms with Crippen molar-refractivity contribution in [1.82, 2.24) is 5.32 Å². The zero-order chi connectivity index (χ0) is 9.56. The van der Waals surface area contributed by atoms with Crippen LogP contribution in [0.3, 0.4) is 0 Å². The summed E-state index contributed by atoms with van der Waals surface area (Å²) in [4.78, 5) is 11.2. The average Bonchev–Trinajstić information content (AvgIpc) is 2.03. The van der Waals surface area contributed by atoms with Gasteiger partial charge in [0.25, 0.3) is 0 Å². The molecule has 0 aliphatic heterocycles. The van der Waals surface area contributed by atoms with E-state index in [2.05, 4.69) is 11.2 Å². The van der Waals surface area contributed by atoms with Crippen LogP contribution in [0.5, 0.6) is 0 Å². The van der Waals surface area contributed by atoms with Gasteiger partial charge in [-0.3, -0.25) is 4.79 Å². The fourth-order valence-corrected chi connectivity index (χ4v) is 0.695. The van der Waals surface area contributed by atoms with Crippen LogP contribution in [0.4, 0.5) is 0 Å². The molecule has 0 aromatic rings. The minimum atomic E-state index is -0.412. The van der Waals surface area contributed by atoms with Crippen molar-refractivity contribution in [3.8, 4) is 12.3 Å². The second-order valence-electron chi connectivity index (χ2n) is 2.70. The van der Waals surface area contributed by atoms with E-state index in [1.54, 1.807) is 6.92 Å². The number of terminal acetylenes is 1. The summed E-state index contributed by atoms with van der Waals surface area (Å²) >= 11 is 0. The van der Waals surface area contributed by atoms with Gasteiger partial charge in [-0.1, -0.05) is 0 Å². The van der Waals surface area contributed by atoms with Crippen LogP contribution >= 0.6 is 0 Å². The van der Waals surface area contributed by atoms with Crippen LogP contribution in [0.15, 0.2) is 0 Å². The van der Waals surface area contributed by atoms with Gasteiger partial charge >= 0.3 is 0 Å². The molecule has 0 aromatic heterocycles. The predicted molar refractivity (Wildman–Crippen MR) is 47.5 cm³/mol. The van der Waals surface area contributed by atoms with E-state index in [1.165, 1.54) is 7.11 Å². The molecule has 1 N–H and O–H groups in total. The summed E-state index contributed by atoms with van der Waals surface area (Å²) in [5.74, 6) is 2.35. The van der Waals surface area contributed by atoms with Gasteiger partial charge in [0.1, 0.15) is 6.10 Å². The van der Waals surface area contributed by atoms with Crippen molar-refractivity contribution in [2.75, 3.05) is 7.11 Å². The lowest BCUT2D eigenvalue weighted by Gasteiger charge is -2.14. The molecule has 0 bridgehead atoms. The number of carbonyl (C=O) groups excluding carboxylic acids is 1. The highest BCUT2D eigenvalue weighted by atomic mass is 16.5. The van der Waals surface area contributed by atoms with Crippen molar-refractivity contribution in [2.24, 2.45) is 0 Å². The van der Waals surface area contributed by atoms with Gasteiger partial charge in [-0.2, -0.15) is 0 Å². The molecule has 0 rings (SSSR count). The predicted octanol–water partition coefficient (Wildman–Crippen LogP) is 0.549. The quantitative estimate of drug-likeness (QED) is 0.624. The fraction of sp³-hybridized carbons (Fsp3) is 0.667. The summed E-state index contributed by atoms with van der Waals surface area (Å²) in [6.07, 6.45) is 5.21. The Morgan fingerprint density at radius 3 is 2.67 bits per heavy atom. The van der Waals surface area contributed by atoms with Crippen LogP contribution < -0.4 is 5.32 Å². The molecule has 0 spiro atoms. The number of ether oxygens (including phenoxy) is 1. The SMILES string of the molecule is C#CCC(C)NC(=O)C(C)OC. The van der Waals surface area contributed by atoms with E-state index in [4.69, 9.17) is 11.2 Å². The number of methoxy groups -OCH3 is 1. The monoisotopic (exact) mass is 169 g/mol. The van der Waals surface area contributed by atoms with Crippen molar-refractivity contribution in [1.29, 1.82) is 0 Å². The number of rotatable bonds is 4. The maximum atomic E-state index is 11.2. The second kappa shape index (κ2) is 5.62. The minimum Gasteiger partial charge on any atom is -0.372 e. The van der Waals surface area contributed by atoms with E-state index in [-0.39, 0.29) is 11.9 Å². The van der Waals surface area contributed by atoms with Gasteiger partial charge in [0.05, 0.1) is 0 Å². The molecule has 0 aliphatic carbocycles. The van der Waals surface area contributed by atoms with E-state index in [9.17, 15) is 4.79 Å². The molecule has 0 fully saturated rings. The number of carbonyl (C=O) groups is 1. The molecule has 0 aromatic carbocycles. The zero-order valence-corrected chi connectivity index (χ0v) is 7.76. The Labute approximate surface area is 73.5 Å². The molecule has 2 unspecified atom stereocenters. The first kappa shape index (κ1) is 11.0. The van der Waals surface area contributed by atoms with E-state index in [0.717, 1.165) is 0 Å². The Bertz CT molecular complexity index is 183. The van der Waals surface area contributed by atoms with Crippen LogP contribution in [-0.4, -0.2) is 25.2 Å². The van der Waals surface area contributed by atoms with Crippen molar-refractivity contribution in [3.05, 3.63) is 0 Å². The van der Waals surface area contributed by atoms with Gasteiger partial charge in [-0.05, 0) is 13.8 Å². The van der Waals surface area contributed by atoms with Crippen molar-refractivity contribution in [3.63, 3.8) is 0 Å². The molecular weight excluding hydrogens is 154 g/mol. The van der Waals surface area contributed by atoms with Gasteiger partial charge in [0.2, 0.25) is 5.91 Å². The normalized spacial score (nSPS) is 14.5. The third-order valence-electron chi connectivity index (χ3n) is 1.54. The summed E-state index contributed by atoms with van der Waals surface area (Å²) in [5.41, 5.74) is 0. The van der Waals surface area contributed by atoms with Gasteiger partial charge < -0.3 is 10.1 Å². The average molecular weight is 169 g/mol. The third kappa shape index (κ3) is 3.99. The minimum absolute atomic E-state index is 0.0140. The first-order valence-electron chi connectivity index (χ1n) is 3.88. The first-order chi connectivity index (χ1) is 5.61. The largest absolute Gasteiger partial charge is 0.372 e. The maximum Gasteiger partial charge on any atom is 0.249 e. The molecule has 0 radical (unpaired) electrons. The Kier molecular flexibility index (Phi) is 5.14. The topological polar surface area (TPSA) is 38.3 Å². The van der Waals surface area contributed by atoms with Crippen LogP contribution in [0.1, 0.15) is 20.3 Å². The Balaban J connectivity index is 3.77. The fourth-order valence-electron chi connectivity index (χ4n) is 0.695. The molecule has 68 valence electrons. The number of nitrogens with one attached hydrogen (secondary N) is 1. The van der Waals surface area contributed by atoms with Crippen molar-refractivity contribution >= 4 is 5.91 Å². The molecule has 3 nitrogen and oxygen atoms in total. The lowest BCUT2D eigenvalue weighted by molar-refractivity contribution is -0.130. The van der Waals surface area contributed by atoms with E-state index < -0.39 is 6.10 Å². The molecular formula is C9H15NO2. The Morgan fingerprint density at radius 2 is 2.25 bits per heavy atom. The van der Waals surface area contributed by atoms with Gasteiger partial charge in [-0.25, -0.2) is 0 Å². The maximum absolute atomic E-state index is 11.2. The molecule has 3 heteroatoms. The highest BCUT2D eigenvalue weighted by Gasteiger charge is 2.12. The van der Waals surface area contributed by atoms with Crippen LogP contribution in [0.2, 0.25) is 0 Å². The van der Waals surface area contributed by atoms with Crippen molar-refractivity contribution in [2.45, 2.75) is 32.4 Å². The van der Waals surface area contributed by atoms with Crippen LogP contribution in [0.25, 0.3) is 0 Å². The third-order valence-corrected chi connectivity index (χ3v) is 1.54. The molecule has 0 aliphatic rings. The molecule has 0 saturated heterocycles. The summed E-state index contributed by atoms with van der Waals surface area (Å²) in [6, 6.07) is 0.0140. The van der Waals surface area contributed by atoms with Gasteiger partial charge in [-0.15, -0.1) is 12.3 Å². The number of hydrogen-bond donors (Lipinski definition) is 1. The standard InChI is InChI=1S/C9H15NO2/c1-5-6-7(2)10-9(11)8(3)12-4/h1,7-8H,6H2,2-4H3,(H,10,11). The summed E-state index contributed by atoms with van der Waals surface area (Å²) in [7, 11) is 1.50. The number of hydrogen-bond acceptors (Lipinski definition) is 2. The molecule has 12 heavy (non-hydrogen) atoms. The first-order valence-corrected chi connectivity index (χ1v) is 3.88. The smallest absolute Gasteiger partial charge is 0.249 e. The second-order valence-corrected chi connectivity index (χ2v) is 2.70. The van der Waals surface area contributed by atoms with Crippen LogP contribution in [-0.2, 0) is 9.53 Å². The van der Waals surface area contributed by atoms with E-state index in [0.29, 0.717) is 6.42 Å². The summed E-state index contributed by atoms with van der Waals surface area (Å²) < 4.78 is 4.83. The van der Waals surface area contributed by atoms with Crippen molar-refractivity contribution < 1.29 is 9.53 Å². The highest BCUT2D eigenvalue weighted by molar-refractivity contribution is 5.80. The summed E-state index contributed by atoms with van der Waals surface area (Å²) in [5, 5.41) is 2.73. The molecule has 0 heterocycles. The number of amides is 1. The Morgan fingerprint density at radius 1 is 1.67 bits per heavy atom. The van der Waals surface area contributed by atoms with Crippen LogP contribution in [0, 0.1) is 12.3 Å².